The average molecular weight is 561 g/mol. The lowest BCUT2D eigenvalue weighted by Gasteiger charge is -2.31. The number of aliphatic hydroxyl groups excluding tert-OH is 1. The predicted molar refractivity (Wildman–Crippen MR) is 150 cm³/mol. The van der Waals surface area contributed by atoms with E-state index < -0.39 is 17.5 Å². The number of pyridine rings is 1. The van der Waals surface area contributed by atoms with E-state index >= 15 is 0 Å². The fraction of sp³-hybridized carbons (Fsp3) is 0.258. The van der Waals surface area contributed by atoms with E-state index in [0.29, 0.717) is 36.0 Å². The summed E-state index contributed by atoms with van der Waals surface area (Å²) < 4.78 is 40.9. The van der Waals surface area contributed by atoms with Crippen LogP contribution in [-0.4, -0.2) is 51.1 Å². The van der Waals surface area contributed by atoms with Crippen LogP contribution in [0, 0.1) is 18.7 Å². The number of benzene rings is 2. The zero-order valence-corrected chi connectivity index (χ0v) is 22.8. The molecule has 1 N–H and O–H groups in total. The molecule has 2 aromatic heterocycles. The molecule has 4 aromatic rings. The van der Waals surface area contributed by atoms with E-state index in [0.717, 1.165) is 34.8 Å². The number of aryl methyl sites for hydroxylation is 1. The summed E-state index contributed by atoms with van der Waals surface area (Å²) in [6, 6.07) is 15.4. The van der Waals surface area contributed by atoms with Gasteiger partial charge in [0.05, 0.1) is 24.6 Å². The van der Waals surface area contributed by atoms with E-state index in [9.17, 15) is 18.7 Å². The number of rotatable bonds is 7. The fourth-order valence-electron chi connectivity index (χ4n) is 5.02. The second kappa shape index (κ2) is 11.8. The van der Waals surface area contributed by atoms with Gasteiger partial charge in [-0.3, -0.25) is 0 Å². The topological polar surface area (TPSA) is 89.7 Å². The molecule has 0 radical (unpaired) electrons. The molecule has 1 fully saturated rings. The number of carbonyl (C=O) groups excluding carboxylic acids is 1. The maximum absolute atomic E-state index is 14.7. The third kappa shape index (κ3) is 5.91. The van der Waals surface area contributed by atoms with Crippen molar-refractivity contribution in [3.8, 4) is 22.8 Å². The molecule has 41 heavy (non-hydrogen) atoms. The maximum atomic E-state index is 14.7. The minimum atomic E-state index is -0.800. The van der Waals surface area contributed by atoms with Crippen LogP contribution < -0.4 is 4.74 Å². The first kappa shape index (κ1) is 27.8. The molecule has 0 spiro atoms. The highest BCUT2D eigenvalue weighted by Crippen LogP contribution is 2.33. The summed E-state index contributed by atoms with van der Waals surface area (Å²) in [5, 5.41) is 13.5. The van der Waals surface area contributed by atoms with Crippen LogP contribution in [0.3, 0.4) is 0 Å². The number of hydrogen-bond donors (Lipinski definition) is 1. The first-order valence-corrected chi connectivity index (χ1v) is 13.2. The minimum Gasteiger partial charge on any atom is -0.508 e. The number of aromatic nitrogens is 3. The van der Waals surface area contributed by atoms with Crippen LogP contribution in [0.1, 0.15) is 41.0 Å². The van der Waals surface area contributed by atoms with Gasteiger partial charge in [0.1, 0.15) is 23.9 Å². The van der Waals surface area contributed by atoms with E-state index in [2.05, 4.69) is 28.8 Å². The Labute approximate surface area is 236 Å². The molecule has 0 saturated carbocycles. The zero-order valence-electron chi connectivity index (χ0n) is 22.8. The van der Waals surface area contributed by atoms with Crippen molar-refractivity contribution in [2.24, 2.45) is 0 Å². The van der Waals surface area contributed by atoms with Gasteiger partial charge in [-0.15, -0.1) is 0 Å². The SMILES string of the molecule is C=C(O)c1cnn(-c2cccc(-c3ccc(F)cc3OCc3ccc(C4CCN(C(=O)OC)CC4)cc3C)n2)c1F. The summed E-state index contributed by atoms with van der Waals surface area (Å²) in [7, 11) is 1.40. The summed E-state index contributed by atoms with van der Waals surface area (Å²) in [4.78, 5) is 18.0. The molecule has 2 aromatic carbocycles. The quantitative estimate of drug-likeness (QED) is 0.257. The number of ether oxygens (including phenoxy) is 2. The van der Waals surface area contributed by atoms with E-state index in [1.807, 2.05) is 13.0 Å². The Morgan fingerprint density at radius 3 is 2.59 bits per heavy atom. The first-order chi connectivity index (χ1) is 19.7. The second-order valence-electron chi connectivity index (χ2n) is 9.94. The standard InChI is InChI=1S/C31H30F2N4O4/c1-19-15-22(21-11-13-36(14-12-21)31(39)40-3)7-8-23(19)18-41-28-16-24(32)9-10-25(28)27-5-4-6-29(35-27)37-30(33)26(17-34-37)20(2)38/h4-10,15-17,21,38H,2,11-14,18H2,1,3H3. The number of halogens is 2. The van der Waals surface area contributed by atoms with Gasteiger partial charge in [0.25, 0.3) is 0 Å². The molecule has 1 amide bonds. The van der Waals surface area contributed by atoms with Crippen LogP contribution in [-0.2, 0) is 11.3 Å². The molecule has 3 heterocycles. The Kier molecular flexibility index (Phi) is 8.00. The number of aliphatic hydroxyl groups is 1. The normalized spacial score (nSPS) is 13.7. The predicted octanol–water partition coefficient (Wildman–Crippen LogP) is 6.57. The molecular formula is C31H30F2N4O4. The molecule has 1 aliphatic rings. The number of hydrogen-bond acceptors (Lipinski definition) is 6. The average Bonchev–Trinajstić information content (AvgIpc) is 3.37. The van der Waals surface area contributed by atoms with Crippen LogP contribution in [0.4, 0.5) is 13.6 Å². The molecule has 0 unspecified atom stereocenters. The summed E-state index contributed by atoms with van der Waals surface area (Å²) in [6.45, 7) is 6.87. The van der Waals surface area contributed by atoms with E-state index in [4.69, 9.17) is 9.47 Å². The zero-order chi connectivity index (χ0) is 29.1. The molecule has 0 aliphatic carbocycles. The molecule has 1 saturated heterocycles. The van der Waals surface area contributed by atoms with E-state index in [-0.39, 0.29) is 24.1 Å². The second-order valence-corrected chi connectivity index (χ2v) is 9.94. The van der Waals surface area contributed by atoms with Crippen molar-refractivity contribution >= 4 is 11.9 Å². The maximum Gasteiger partial charge on any atom is 0.409 e. The summed E-state index contributed by atoms with van der Waals surface area (Å²) in [5.74, 6) is -0.888. The van der Waals surface area contributed by atoms with Crippen LogP contribution in [0.2, 0.25) is 0 Å². The van der Waals surface area contributed by atoms with E-state index in [1.54, 1.807) is 29.2 Å². The van der Waals surface area contributed by atoms with Gasteiger partial charge in [-0.2, -0.15) is 14.2 Å². The fourth-order valence-corrected chi connectivity index (χ4v) is 5.02. The van der Waals surface area contributed by atoms with Gasteiger partial charge in [0, 0.05) is 24.7 Å². The van der Waals surface area contributed by atoms with Crippen molar-refractivity contribution < 1.29 is 28.2 Å². The van der Waals surface area contributed by atoms with Gasteiger partial charge in [-0.05, 0) is 66.6 Å². The Bertz CT molecular complexity index is 1590. The number of piperidine rings is 1. The number of nitrogens with zero attached hydrogens (tertiary/aromatic N) is 4. The number of methoxy groups -OCH3 is 1. The highest BCUT2D eigenvalue weighted by Gasteiger charge is 2.24. The van der Waals surface area contributed by atoms with Crippen LogP contribution in [0.15, 0.2) is 67.4 Å². The van der Waals surface area contributed by atoms with Crippen molar-refractivity contribution in [3.05, 3.63) is 101 Å². The molecule has 5 rings (SSSR count). The molecule has 212 valence electrons. The van der Waals surface area contributed by atoms with Gasteiger partial charge >= 0.3 is 6.09 Å². The van der Waals surface area contributed by atoms with Crippen LogP contribution in [0.25, 0.3) is 22.8 Å². The number of amides is 1. The Balaban J connectivity index is 1.33. The summed E-state index contributed by atoms with van der Waals surface area (Å²) >= 11 is 0. The number of carbonyl (C=O) groups is 1. The molecule has 0 bridgehead atoms. The van der Waals surface area contributed by atoms with Gasteiger partial charge in [-0.25, -0.2) is 14.2 Å². The Morgan fingerprint density at radius 2 is 1.90 bits per heavy atom. The third-order valence-electron chi connectivity index (χ3n) is 7.34. The molecule has 10 heteroatoms. The Hall–Kier alpha value is -4.73. The van der Waals surface area contributed by atoms with Crippen molar-refractivity contribution in [1.82, 2.24) is 19.7 Å². The van der Waals surface area contributed by atoms with Gasteiger partial charge in [0.15, 0.2) is 5.82 Å². The highest BCUT2D eigenvalue weighted by atomic mass is 19.1. The van der Waals surface area contributed by atoms with Gasteiger partial charge in [-0.1, -0.05) is 30.8 Å². The molecule has 1 aliphatic heterocycles. The molecule has 0 atom stereocenters. The number of likely N-dealkylation sites (tertiary alicyclic amines) is 1. The lowest BCUT2D eigenvalue weighted by Crippen LogP contribution is -2.37. The highest BCUT2D eigenvalue weighted by molar-refractivity contribution is 5.68. The smallest absolute Gasteiger partial charge is 0.409 e. The minimum absolute atomic E-state index is 0.129. The van der Waals surface area contributed by atoms with Crippen molar-refractivity contribution in [1.29, 1.82) is 0 Å². The lowest BCUT2D eigenvalue weighted by atomic mass is 9.88. The monoisotopic (exact) mass is 560 g/mol. The van der Waals surface area contributed by atoms with E-state index in [1.165, 1.54) is 24.8 Å². The van der Waals surface area contributed by atoms with Gasteiger partial charge in [0.2, 0.25) is 5.95 Å². The molecule has 8 nitrogen and oxygen atoms in total. The largest absolute Gasteiger partial charge is 0.508 e. The summed E-state index contributed by atoms with van der Waals surface area (Å²) in [5.41, 5.74) is 4.04. The first-order valence-electron chi connectivity index (χ1n) is 13.2. The van der Waals surface area contributed by atoms with Crippen LogP contribution in [0.5, 0.6) is 5.75 Å². The summed E-state index contributed by atoms with van der Waals surface area (Å²) in [6.07, 6.45) is 2.60. The van der Waals surface area contributed by atoms with Crippen molar-refractivity contribution in [2.75, 3.05) is 20.2 Å². The van der Waals surface area contributed by atoms with Gasteiger partial charge < -0.3 is 19.5 Å². The Morgan fingerprint density at radius 1 is 1.12 bits per heavy atom. The third-order valence-corrected chi connectivity index (χ3v) is 7.34. The van der Waals surface area contributed by atoms with Crippen LogP contribution >= 0.6 is 0 Å². The van der Waals surface area contributed by atoms with Crippen molar-refractivity contribution in [3.63, 3.8) is 0 Å². The molecular weight excluding hydrogens is 530 g/mol. The van der Waals surface area contributed by atoms with Crippen molar-refractivity contribution in [2.45, 2.75) is 32.3 Å². The lowest BCUT2D eigenvalue weighted by molar-refractivity contribution is 0.112.